The Morgan fingerprint density at radius 3 is 2.21 bits per heavy atom. The monoisotopic (exact) mass is 338 g/mol. The van der Waals surface area contributed by atoms with Crippen molar-refractivity contribution < 1.29 is 27.1 Å². The highest BCUT2D eigenvalue weighted by atomic mass is 19.2. The summed E-state index contributed by atoms with van der Waals surface area (Å²) in [6.45, 7) is -0.713. The molecule has 0 fully saturated rings. The van der Waals surface area contributed by atoms with Gasteiger partial charge in [0.2, 0.25) is 11.6 Å². The molecule has 2 aromatic rings. The summed E-state index contributed by atoms with van der Waals surface area (Å²) in [7, 11) is 0. The first-order chi connectivity index (χ1) is 11.5. The maximum Gasteiger partial charge on any atom is 0.203 e. The highest BCUT2D eigenvalue weighted by Crippen LogP contribution is 2.27. The third-order valence-electron chi connectivity index (χ3n) is 4.09. The van der Waals surface area contributed by atoms with Gasteiger partial charge in [0.1, 0.15) is 0 Å². The number of halogens is 4. The third kappa shape index (κ3) is 3.13. The number of aryl methyl sites for hydroxylation is 2. The molecule has 2 nitrogen and oxygen atoms in total. The molecule has 24 heavy (non-hydrogen) atoms. The molecule has 0 spiro atoms. The standard InChI is InChI=1S/C18H14F4O2/c19-13-8-14(20)17(22)18(16(13)21)24-9-15(23)12-6-5-10-3-1-2-4-11(10)7-12/h5-8H,1-4,9H2. The second-order valence-electron chi connectivity index (χ2n) is 5.70. The van der Waals surface area contributed by atoms with E-state index in [-0.39, 0.29) is 6.07 Å². The van der Waals surface area contributed by atoms with Crippen LogP contribution in [0, 0.1) is 23.3 Å². The molecule has 126 valence electrons. The highest BCUT2D eigenvalue weighted by molar-refractivity contribution is 5.97. The lowest BCUT2D eigenvalue weighted by molar-refractivity contribution is 0.0913. The van der Waals surface area contributed by atoms with Crippen molar-refractivity contribution in [2.45, 2.75) is 25.7 Å². The summed E-state index contributed by atoms with van der Waals surface area (Å²) in [5.41, 5.74) is 2.60. The average Bonchev–Trinajstić information content (AvgIpc) is 2.59. The lowest BCUT2D eigenvalue weighted by Gasteiger charge is -2.16. The molecular formula is C18H14F4O2. The molecule has 0 saturated carbocycles. The Balaban J connectivity index is 1.77. The summed E-state index contributed by atoms with van der Waals surface area (Å²) in [5.74, 6) is -8.22. The molecule has 1 aliphatic carbocycles. The summed E-state index contributed by atoms with van der Waals surface area (Å²) in [5, 5.41) is 0. The first-order valence-corrected chi connectivity index (χ1v) is 7.58. The minimum absolute atomic E-state index is 0.0861. The number of ether oxygens (including phenoxy) is 1. The van der Waals surface area contributed by atoms with Crippen LogP contribution in [0.2, 0.25) is 0 Å². The minimum atomic E-state index is -1.66. The molecule has 1 aliphatic rings. The van der Waals surface area contributed by atoms with E-state index in [4.69, 9.17) is 4.74 Å². The van der Waals surface area contributed by atoms with Crippen LogP contribution in [0.3, 0.4) is 0 Å². The van der Waals surface area contributed by atoms with E-state index in [1.807, 2.05) is 6.07 Å². The molecule has 2 aromatic carbocycles. The van der Waals surface area contributed by atoms with E-state index in [0.717, 1.165) is 31.2 Å². The van der Waals surface area contributed by atoms with Crippen LogP contribution >= 0.6 is 0 Å². The van der Waals surface area contributed by atoms with E-state index < -0.39 is 41.4 Å². The number of hydrogen-bond donors (Lipinski definition) is 0. The van der Waals surface area contributed by atoms with Crippen LogP contribution in [-0.2, 0) is 12.8 Å². The van der Waals surface area contributed by atoms with Crippen molar-refractivity contribution >= 4 is 5.78 Å². The van der Waals surface area contributed by atoms with E-state index in [9.17, 15) is 22.4 Å². The fraction of sp³-hybridized carbons (Fsp3) is 0.278. The number of benzene rings is 2. The van der Waals surface area contributed by atoms with Crippen LogP contribution in [0.25, 0.3) is 0 Å². The van der Waals surface area contributed by atoms with E-state index in [1.54, 1.807) is 12.1 Å². The predicted molar refractivity (Wildman–Crippen MR) is 79.2 cm³/mol. The number of ketones is 1. The van der Waals surface area contributed by atoms with Gasteiger partial charge in [0.05, 0.1) is 0 Å². The molecular weight excluding hydrogens is 324 g/mol. The lowest BCUT2D eigenvalue weighted by Crippen LogP contribution is -2.15. The molecule has 3 rings (SSSR count). The van der Waals surface area contributed by atoms with Crippen molar-refractivity contribution in [3.63, 3.8) is 0 Å². The Labute approximate surface area is 136 Å². The smallest absolute Gasteiger partial charge is 0.203 e. The normalized spacial score (nSPS) is 13.5. The van der Waals surface area contributed by atoms with Crippen LogP contribution in [-0.4, -0.2) is 12.4 Å². The van der Waals surface area contributed by atoms with Crippen molar-refractivity contribution in [1.82, 2.24) is 0 Å². The van der Waals surface area contributed by atoms with Gasteiger partial charge in [0.15, 0.2) is 29.8 Å². The molecule has 0 atom stereocenters. The van der Waals surface area contributed by atoms with E-state index in [1.165, 1.54) is 5.56 Å². The fourth-order valence-electron chi connectivity index (χ4n) is 2.81. The third-order valence-corrected chi connectivity index (χ3v) is 4.09. The van der Waals surface area contributed by atoms with Crippen molar-refractivity contribution in [2.24, 2.45) is 0 Å². The molecule has 0 bridgehead atoms. The van der Waals surface area contributed by atoms with Gasteiger partial charge in [-0.25, -0.2) is 8.78 Å². The number of carbonyl (C=O) groups is 1. The van der Waals surface area contributed by atoms with Crippen molar-refractivity contribution in [1.29, 1.82) is 0 Å². The largest absolute Gasteiger partial charge is 0.479 e. The number of carbonyl (C=O) groups excluding carboxylic acids is 1. The summed E-state index contributed by atoms with van der Waals surface area (Å²) in [6, 6.07) is 5.29. The van der Waals surface area contributed by atoms with Gasteiger partial charge in [-0.3, -0.25) is 4.79 Å². The Kier molecular flexibility index (Phi) is 4.55. The molecule has 0 unspecified atom stereocenters. The van der Waals surface area contributed by atoms with Gasteiger partial charge < -0.3 is 4.74 Å². The van der Waals surface area contributed by atoms with Crippen molar-refractivity contribution in [3.05, 3.63) is 64.2 Å². The fourth-order valence-corrected chi connectivity index (χ4v) is 2.81. The van der Waals surface area contributed by atoms with E-state index in [2.05, 4.69) is 0 Å². The second-order valence-corrected chi connectivity index (χ2v) is 5.70. The minimum Gasteiger partial charge on any atom is -0.479 e. The second kappa shape index (κ2) is 6.63. The molecule has 0 radical (unpaired) electrons. The molecule has 0 aliphatic heterocycles. The maximum absolute atomic E-state index is 13.5. The van der Waals surface area contributed by atoms with Crippen LogP contribution in [0.5, 0.6) is 5.75 Å². The van der Waals surface area contributed by atoms with Crippen molar-refractivity contribution in [2.75, 3.05) is 6.61 Å². The Bertz CT molecular complexity index is 776. The Morgan fingerprint density at radius 1 is 0.917 bits per heavy atom. The van der Waals surface area contributed by atoms with Crippen molar-refractivity contribution in [3.8, 4) is 5.75 Å². The van der Waals surface area contributed by atoms with E-state index in [0.29, 0.717) is 5.56 Å². The lowest BCUT2D eigenvalue weighted by atomic mass is 9.90. The van der Waals surface area contributed by atoms with Gasteiger partial charge in [-0.05, 0) is 42.9 Å². The number of rotatable bonds is 4. The molecule has 6 heteroatoms. The first-order valence-electron chi connectivity index (χ1n) is 7.58. The van der Waals surface area contributed by atoms with Crippen LogP contribution < -0.4 is 4.74 Å². The number of fused-ring (bicyclic) bond motifs is 1. The summed E-state index contributed by atoms with van der Waals surface area (Å²) < 4.78 is 57.9. The molecule has 0 N–H and O–H groups in total. The van der Waals surface area contributed by atoms with Crippen LogP contribution in [0.15, 0.2) is 24.3 Å². The zero-order valence-corrected chi connectivity index (χ0v) is 12.7. The highest BCUT2D eigenvalue weighted by Gasteiger charge is 2.22. The zero-order chi connectivity index (χ0) is 17.3. The molecule has 0 amide bonds. The molecule has 0 heterocycles. The average molecular weight is 338 g/mol. The summed E-state index contributed by atoms with van der Waals surface area (Å²) in [4.78, 5) is 12.1. The van der Waals surface area contributed by atoms with Crippen LogP contribution in [0.4, 0.5) is 17.6 Å². The van der Waals surface area contributed by atoms with E-state index >= 15 is 0 Å². The number of hydrogen-bond acceptors (Lipinski definition) is 2. The van der Waals surface area contributed by atoms with Gasteiger partial charge >= 0.3 is 0 Å². The van der Waals surface area contributed by atoms with Gasteiger partial charge in [0, 0.05) is 11.6 Å². The van der Waals surface area contributed by atoms with Gasteiger partial charge in [-0.15, -0.1) is 0 Å². The predicted octanol–water partition coefficient (Wildman–Crippen LogP) is 4.38. The zero-order valence-electron chi connectivity index (χ0n) is 12.7. The molecule has 0 aromatic heterocycles. The van der Waals surface area contributed by atoms with Gasteiger partial charge in [-0.2, -0.15) is 8.78 Å². The summed E-state index contributed by atoms with van der Waals surface area (Å²) in [6.07, 6.45) is 3.97. The van der Waals surface area contributed by atoms with Crippen LogP contribution in [0.1, 0.15) is 34.3 Å². The quantitative estimate of drug-likeness (QED) is 0.470. The van der Waals surface area contributed by atoms with Gasteiger partial charge in [-0.1, -0.05) is 12.1 Å². The Morgan fingerprint density at radius 2 is 1.54 bits per heavy atom. The Hall–Kier alpha value is -2.37. The number of Topliss-reactive ketones (excluding diaryl/α,β-unsaturated/α-hetero) is 1. The topological polar surface area (TPSA) is 26.3 Å². The maximum atomic E-state index is 13.5. The van der Waals surface area contributed by atoms with Gasteiger partial charge in [0.25, 0.3) is 0 Å². The summed E-state index contributed by atoms with van der Waals surface area (Å²) >= 11 is 0. The molecule has 0 saturated heterocycles. The SMILES string of the molecule is O=C(COc1c(F)c(F)cc(F)c1F)c1ccc2c(c1)CCCC2. The first kappa shape index (κ1) is 16.5.